The molecule has 2 rings (SSSR count). The predicted molar refractivity (Wildman–Crippen MR) is 84.0 cm³/mol. The van der Waals surface area contributed by atoms with Crippen LogP contribution in [0.3, 0.4) is 0 Å². The fraction of sp³-hybridized carbons (Fsp3) is 0.562. The summed E-state index contributed by atoms with van der Waals surface area (Å²) in [5, 5.41) is 13.7. The predicted octanol–water partition coefficient (Wildman–Crippen LogP) is 3.91. The van der Waals surface area contributed by atoms with E-state index in [0.29, 0.717) is 5.02 Å². The Morgan fingerprint density at radius 3 is 2.85 bits per heavy atom. The Hall–Kier alpha value is -1.24. The summed E-state index contributed by atoms with van der Waals surface area (Å²) < 4.78 is 0. The Balaban J connectivity index is 2.10. The molecule has 0 radical (unpaired) electrons. The average Bonchev–Trinajstić information content (AvgIpc) is 2.66. The molecule has 0 spiro atoms. The molecule has 1 fully saturated rings. The molecule has 1 N–H and O–H groups in total. The largest absolute Gasteiger partial charge is 0.366 e. The van der Waals surface area contributed by atoms with Crippen molar-refractivity contribution in [2.45, 2.75) is 38.1 Å². The molecule has 0 aliphatic carbocycles. The number of benzene rings is 1. The van der Waals surface area contributed by atoms with Crippen LogP contribution in [-0.2, 0) is 0 Å². The lowest BCUT2D eigenvalue weighted by atomic mass is 9.92. The van der Waals surface area contributed by atoms with Crippen molar-refractivity contribution in [2.24, 2.45) is 0 Å². The first-order valence-electron chi connectivity index (χ1n) is 7.35. The lowest BCUT2D eigenvalue weighted by Crippen LogP contribution is -2.38. The molecule has 1 unspecified atom stereocenters. The van der Waals surface area contributed by atoms with E-state index in [0.717, 1.165) is 51.0 Å². The first kappa shape index (κ1) is 15.2. The minimum atomic E-state index is -0.493. The topological polar surface area (TPSA) is 39.1 Å². The van der Waals surface area contributed by atoms with Gasteiger partial charge in [0.1, 0.15) is 5.54 Å². The van der Waals surface area contributed by atoms with Gasteiger partial charge in [0.15, 0.2) is 0 Å². The van der Waals surface area contributed by atoms with E-state index >= 15 is 0 Å². The fourth-order valence-corrected chi connectivity index (χ4v) is 3.00. The molecule has 1 aliphatic heterocycles. The summed E-state index contributed by atoms with van der Waals surface area (Å²) in [6, 6.07) is 10.1. The maximum atomic E-state index is 9.66. The third-order valence-electron chi connectivity index (χ3n) is 3.93. The number of nitriles is 1. The van der Waals surface area contributed by atoms with Crippen LogP contribution in [0.4, 0.5) is 5.69 Å². The summed E-state index contributed by atoms with van der Waals surface area (Å²) in [6.45, 7) is 5.37. The van der Waals surface area contributed by atoms with Crippen molar-refractivity contribution in [3.05, 3.63) is 29.3 Å². The number of anilines is 1. The highest BCUT2D eigenvalue weighted by molar-refractivity contribution is 6.33. The molecular formula is C16H22ClN3. The maximum Gasteiger partial charge on any atom is 0.126 e. The fourth-order valence-electron chi connectivity index (χ4n) is 2.82. The van der Waals surface area contributed by atoms with Crippen LogP contribution in [0.1, 0.15) is 32.6 Å². The molecule has 1 atom stereocenters. The van der Waals surface area contributed by atoms with Gasteiger partial charge >= 0.3 is 0 Å². The van der Waals surface area contributed by atoms with Crippen LogP contribution in [-0.4, -0.2) is 30.1 Å². The van der Waals surface area contributed by atoms with Crippen molar-refractivity contribution in [3.8, 4) is 6.07 Å². The van der Waals surface area contributed by atoms with E-state index in [2.05, 4.69) is 23.2 Å². The second-order valence-electron chi connectivity index (χ2n) is 5.49. The number of nitrogens with zero attached hydrogens (tertiary/aromatic N) is 2. The van der Waals surface area contributed by atoms with Gasteiger partial charge in [0.25, 0.3) is 0 Å². The molecule has 0 amide bonds. The second kappa shape index (κ2) is 6.97. The van der Waals surface area contributed by atoms with Gasteiger partial charge in [-0.3, -0.25) is 0 Å². The normalized spacial score (nSPS) is 23.9. The van der Waals surface area contributed by atoms with Crippen LogP contribution in [0.15, 0.2) is 24.3 Å². The summed E-state index contributed by atoms with van der Waals surface area (Å²) >= 11 is 6.20. The van der Waals surface area contributed by atoms with Gasteiger partial charge < -0.3 is 10.2 Å². The van der Waals surface area contributed by atoms with Crippen LogP contribution in [0, 0.1) is 11.3 Å². The Morgan fingerprint density at radius 2 is 2.15 bits per heavy atom. The molecule has 3 nitrogen and oxygen atoms in total. The molecule has 0 bridgehead atoms. The summed E-state index contributed by atoms with van der Waals surface area (Å²) in [5.41, 5.74) is 0.368. The molecule has 1 aromatic rings. The minimum Gasteiger partial charge on any atom is -0.366 e. The Bertz CT molecular complexity index is 483. The van der Waals surface area contributed by atoms with Gasteiger partial charge in [-0.1, -0.05) is 30.7 Å². The zero-order chi connectivity index (χ0) is 14.4. The van der Waals surface area contributed by atoms with Crippen molar-refractivity contribution in [3.63, 3.8) is 0 Å². The van der Waals surface area contributed by atoms with Gasteiger partial charge in [-0.25, -0.2) is 0 Å². The first-order valence-corrected chi connectivity index (χ1v) is 7.73. The zero-order valence-electron chi connectivity index (χ0n) is 12.0. The SMILES string of the molecule is CCCN1CCCC(C#N)(Nc2ccccc2Cl)CC1. The van der Waals surface area contributed by atoms with Crippen LogP contribution >= 0.6 is 11.6 Å². The Labute approximate surface area is 126 Å². The van der Waals surface area contributed by atoms with E-state index in [9.17, 15) is 5.26 Å². The molecular weight excluding hydrogens is 270 g/mol. The lowest BCUT2D eigenvalue weighted by molar-refractivity contribution is 0.283. The number of hydrogen-bond acceptors (Lipinski definition) is 3. The average molecular weight is 292 g/mol. The highest BCUT2D eigenvalue weighted by Crippen LogP contribution is 2.30. The number of para-hydroxylation sites is 1. The molecule has 4 heteroatoms. The number of rotatable bonds is 4. The third kappa shape index (κ3) is 3.65. The van der Waals surface area contributed by atoms with Crippen molar-refractivity contribution in [2.75, 3.05) is 25.0 Å². The number of halogens is 1. The molecule has 0 saturated carbocycles. The third-order valence-corrected chi connectivity index (χ3v) is 4.26. The van der Waals surface area contributed by atoms with Crippen molar-refractivity contribution in [1.29, 1.82) is 5.26 Å². The molecule has 108 valence electrons. The molecule has 1 aliphatic rings. The van der Waals surface area contributed by atoms with E-state index in [1.165, 1.54) is 0 Å². The van der Waals surface area contributed by atoms with Crippen LogP contribution in [0.25, 0.3) is 0 Å². The van der Waals surface area contributed by atoms with Crippen LogP contribution in [0.5, 0.6) is 0 Å². The van der Waals surface area contributed by atoms with Crippen molar-refractivity contribution < 1.29 is 0 Å². The molecule has 0 aromatic heterocycles. The van der Waals surface area contributed by atoms with Gasteiger partial charge in [0.05, 0.1) is 16.8 Å². The monoisotopic (exact) mass is 291 g/mol. The summed E-state index contributed by atoms with van der Waals surface area (Å²) in [6.07, 6.45) is 3.92. The molecule has 1 heterocycles. The lowest BCUT2D eigenvalue weighted by Gasteiger charge is -2.28. The quantitative estimate of drug-likeness (QED) is 0.914. The number of hydrogen-bond donors (Lipinski definition) is 1. The zero-order valence-corrected chi connectivity index (χ0v) is 12.8. The first-order chi connectivity index (χ1) is 9.69. The van der Waals surface area contributed by atoms with Crippen molar-refractivity contribution >= 4 is 17.3 Å². The van der Waals surface area contributed by atoms with Gasteiger partial charge in [-0.05, 0) is 50.9 Å². The highest BCUT2D eigenvalue weighted by atomic mass is 35.5. The molecule has 20 heavy (non-hydrogen) atoms. The summed E-state index contributed by atoms with van der Waals surface area (Å²) in [4.78, 5) is 2.45. The van der Waals surface area contributed by atoms with Crippen molar-refractivity contribution in [1.82, 2.24) is 4.90 Å². The maximum absolute atomic E-state index is 9.66. The van der Waals surface area contributed by atoms with Gasteiger partial charge in [0, 0.05) is 6.54 Å². The van der Waals surface area contributed by atoms with Gasteiger partial charge in [-0.2, -0.15) is 5.26 Å². The number of likely N-dealkylation sites (tertiary alicyclic amines) is 1. The highest BCUT2D eigenvalue weighted by Gasteiger charge is 2.32. The summed E-state index contributed by atoms with van der Waals surface area (Å²) in [7, 11) is 0. The second-order valence-corrected chi connectivity index (χ2v) is 5.90. The van der Waals surface area contributed by atoms with E-state index in [-0.39, 0.29) is 0 Å². The van der Waals surface area contributed by atoms with E-state index in [1.54, 1.807) is 0 Å². The van der Waals surface area contributed by atoms with E-state index in [4.69, 9.17) is 11.6 Å². The minimum absolute atomic E-state index is 0.493. The molecule has 1 aromatic carbocycles. The van der Waals surface area contributed by atoms with Gasteiger partial charge in [-0.15, -0.1) is 0 Å². The smallest absolute Gasteiger partial charge is 0.126 e. The Kier molecular flexibility index (Phi) is 5.28. The van der Waals surface area contributed by atoms with Gasteiger partial charge in [0.2, 0.25) is 0 Å². The van der Waals surface area contributed by atoms with E-state index in [1.807, 2.05) is 24.3 Å². The molecule has 1 saturated heterocycles. The van der Waals surface area contributed by atoms with Crippen LogP contribution in [0.2, 0.25) is 5.02 Å². The summed E-state index contributed by atoms with van der Waals surface area (Å²) in [5.74, 6) is 0. The van der Waals surface area contributed by atoms with E-state index < -0.39 is 5.54 Å². The number of nitrogens with one attached hydrogen (secondary N) is 1. The Morgan fingerprint density at radius 1 is 1.35 bits per heavy atom. The standard InChI is InChI=1S/C16H22ClN3/c1-2-10-20-11-5-8-16(13-18,9-12-20)19-15-7-4-3-6-14(15)17/h3-4,6-7,19H,2,5,8-12H2,1H3. The van der Waals surface area contributed by atoms with Crippen LogP contribution < -0.4 is 5.32 Å².